The van der Waals surface area contributed by atoms with Crippen LogP contribution in [-0.4, -0.2) is 18.2 Å². The molecular weight excluding hydrogens is 364 g/mol. The number of phenolic OH excluding ortho intramolecular Hbond substituents is 1. The van der Waals surface area contributed by atoms with Crippen LogP contribution in [0.5, 0.6) is 17.2 Å². The van der Waals surface area contributed by atoms with Crippen molar-refractivity contribution >= 4 is 5.97 Å². The Morgan fingerprint density at radius 2 is 1.17 bits per heavy atom. The normalized spacial score (nSPS) is 10.8. The first-order chi connectivity index (χ1) is 14.2. The van der Waals surface area contributed by atoms with Crippen LogP contribution in [0.4, 0.5) is 0 Å². The van der Waals surface area contributed by atoms with Crippen LogP contribution in [0.25, 0.3) is 0 Å². The van der Waals surface area contributed by atoms with E-state index in [0.717, 1.165) is 12.8 Å². The number of benzene rings is 1. The summed E-state index contributed by atoms with van der Waals surface area (Å²) >= 11 is 0. The molecule has 29 heavy (non-hydrogen) atoms. The van der Waals surface area contributed by atoms with E-state index in [0.29, 0.717) is 17.9 Å². The fourth-order valence-electron chi connectivity index (χ4n) is 3.56. The molecule has 0 spiro atoms. The van der Waals surface area contributed by atoms with Gasteiger partial charge in [0.05, 0.1) is 7.11 Å². The summed E-state index contributed by atoms with van der Waals surface area (Å²) in [7, 11) is 1.51. The van der Waals surface area contributed by atoms with Gasteiger partial charge >= 0.3 is 5.97 Å². The predicted molar refractivity (Wildman–Crippen MR) is 120 cm³/mol. The lowest BCUT2D eigenvalue weighted by molar-refractivity contribution is -0.134. The van der Waals surface area contributed by atoms with Gasteiger partial charge in [0, 0.05) is 24.6 Å². The Hall–Kier alpha value is -1.71. The molecule has 0 saturated carbocycles. The van der Waals surface area contributed by atoms with Crippen molar-refractivity contribution in [3.63, 3.8) is 0 Å². The highest BCUT2D eigenvalue weighted by molar-refractivity contribution is 5.72. The van der Waals surface area contributed by atoms with Crippen molar-refractivity contribution < 1.29 is 19.4 Å². The van der Waals surface area contributed by atoms with E-state index in [4.69, 9.17) is 9.47 Å². The Balaban J connectivity index is 1.90. The van der Waals surface area contributed by atoms with E-state index >= 15 is 0 Å². The third-order valence-corrected chi connectivity index (χ3v) is 5.32. The number of hydrogen-bond acceptors (Lipinski definition) is 4. The van der Waals surface area contributed by atoms with Gasteiger partial charge in [-0.15, -0.1) is 0 Å². The van der Waals surface area contributed by atoms with Gasteiger partial charge < -0.3 is 14.6 Å². The molecule has 0 saturated heterocycles. The van der Waals surface area contributed by atoms with Crippen LogP contribution in [0.2, 0.25) is 0 Å². The molecule has 0 aliphatic rings. The molecule has 0 radical (unpaired) electrons. The fourth-order valence-corrected chi connectivity index (χ4v) is 3.56. The molecule has 166 valence electrons. The quantitative estimate of drug-likeness (QED) is 0.155. The van der Waals surface area contributed by atoms with E-state index in [-0.39, 0.29) is 11.7 Å². The summed E-state index contributed by atoms with van der Waals surface area (Å²) in [6.45, 7) is 2.27. The molecule has 4 heteroatoms. The molecule has 0 amide bonds. The van der Waals surface area contributed by atoms with Gasteiger partial charge in [0.25, 0.3) is 0 Å². The van der Waals surface area contributed by atoms with Crippen LogP contribution < -0.4 is 9.47 Å². The van der Waals surface area contributed by atoms with Crippen LogP contribution in [0.3, 0.4) is 0 Å². The molecule has 0 fully saturated rings. The average Bonchev–Trinajstić information content (AvgIpc) is 2.70. The van der Waals surface area contributed by atoms with Gasteiger partial charge in [0.2, 0.25) is 0 Å². The van der Waals surface area contributed by atoms with Gasteiger partial charge in [-0.25, -0.2) is 0 Å². The lowest BCUT2D eigenvalue weighted by Crippen LogP contribution is -2.07. The molecule has 0 aliphatic carbocycles. The Labute approximate surface area is 178 Å². The van der Waals surface area contributed by atoms with Crippen molar-refractivity contribution in [3.8, 4) is 17.2 Å². The second-order valence-corrected chi connectivity index (χ2v) is 8.04. The summed E-state index contributed by atoms with van der Waals surface area (Å²) < 4.78 is 10.3. The topological polar surface area (TPSA) is 55.8 Å². The minimum absolute atomic E-state index is 0.0270. The monoisotopic (exact) mass is 406 g/mol. The van der Waals surface area contributed by atoms with E-state index in [1.54, 1.807) is 6.07 Å². The molecule has 0 aromatic heterocycles. The number of rotatable bonds is 18. The van der Waals surface area contributed by atoms with Gasteiger partial charge in [0.15, 0.2) is 0 Å². The van der Waals surface area contributed by atoms with E-state index in [9.17, 15) is 9.90 Å². The lowest BCUT2D eigenvalue weighted by atomic mass is 10.0. The molecule has 0 unspecified atom stereocenters. The van der Waals surface area contributed by atoms with Gasteiger partial charge in [0.1, 0.15) is 17.2 Å². The standard InChI is InChI=1S/C25H42O4/c1-3-4-5-6-7-8-9-10-11-12-13-14-15-16-17-18-25(27)29-24-20-22(26)19-23(21-24)28-2/h19-21,26H,3-18H2,1-2H3. The minimum atomic E-state index is -0.257. The molecule has 0 atom stereocenters. The number of carbonyl (C=O) groups excluding carboxylic acids is 1. The third kappa shape index (κ3) is 14.0. The number of carbonyl (C=O) groups is 1. The summed E-state index contributed by atoms with van der Waals surface area (Å²) in [6.07, 6.45) is 20.0. The van der Waals surface area contributed by atoms with Crippen molar-refractivity contribution in [2.75, 3.05) is 7.11 Å². The van der Waals surface area contributed by atoms with E-state index in [1.165, 1.54) is 103 Å². The van der Waals surface area contributed by atoms with Gasteiger partial charge in [-0.1, -0.05) is 96.8 Å². The summed E-state index contributed by atoms with van der Waals surface area (Å²) in [5.74, 6) is 0.569. The largest absolute Gasteiger partial charge is 0.508 e. The first-order valence-corrected chi connectivity index (χ1v) is 11.7. The van der Waals surface area contributed by atoms with Crippen molar-refractivity contribution in [2.45, 2.75) is 110 Å². The lowest BCUT2D eigenvalue weighted by Gasteiger charge is -2.07. The zero-order chi connectivity index (χ0) is 21.2. The number of hydrogen-bond donors (Lipinski definition) is 1. The first-order valence-electron chi connectivity index (χ1n) is 11.7. The maximum atomic E-state index is 11.9. The Kier molecular flexibility index (Phi) is 15.0. The van der Waals surface area contributed by atoms with Gasteiger partial charge in [-0.2, -0.15) is 0 Å². The fraction of sp³-hybridized carbons (Fsp3) is 0.720. The van der Waals surface area contributed by atoms with Crippen LogP contribution in [0.1, 0.15) is 110 Å². The zero-order valence-electron chi connectivity index (χ0n) is 18.7. The summed E-state index contributed by atoms with van der Waals surface area (Å²) in [4.78, 5) is 11.9. The molecule has 0 heterocycles. The van der Waals surface area contributed by atoms with Crippen LogP contribution in [0.15, 0.2) is 18.2 Å². The molecule has 0 bridgehead atoms. The van der Waals surface area contributed by atoms with Crippen molar-refractivity contribution in [1.29, 1.82) is 0 Å². The van der Waals surface area contributed by atoms with Crippen molar-refractivity contribution in [3.05, 3.63) is 18.2 Å². The molecule has 1 aromatic carbocycles. The maximum Gasteiger partial charge on any atom is 0.311 e. The highest BCUT2D eigenvalue weighted by atomic mass is 16.5. The van der Waals surface area contributed by atoms with Gasteiger partial charge in [-0.3, -0.25) is 4.79 Å². The SMILES string of the molecule is CCCCCCCCCCCCCCCCCC(=O)Oc1cc(O)cc(OC)c1. The maximum absolute atomic E-state index is 11.9. The number of aromatic hydroxyl groups is 1. The number of methoxy groups -OCH3 is 1. The van der Waals surface area contributed by atoms with E-state index < -0.39 is 0 Å². The second kappa shape index (κ2) is 17.2. The highest BCUT2D eigenvalue weighted by Crippen LogP contribution is 2.27. The van der Waals surface area contributed by atoms with Crippen LogP contribution in [-0.2, 0) is 4.79 Å². The Morgan fingerprint density at radius 1 is 0.724 bits per heavy atom. The van der Waals surface area contributed by atoms with Crippen molar-refractivity contribution in [2.24, 2.45) is 0 Å². The van der Waals surface area contributed by atoms with Crippen LogP contribution >= 0.6 is 0 Å². The van der Waals surface area contributed by atoms with Crippen molar-refractivity contribution in [1.82, 2.24) is 0 Å². The number of unbranched alkanes of at least 4 members (excludes halogenated alkanes) is 14. The third-order valence-electron chi connectivity index (χ3n) is 5.32. The zero-order valence-corrected chi connectivity index (χ0v) is 18.7. The number of ether oxygens (including phenoxy) is 2. The summed E-state index contributed by atoms with van der Waals surface area (Å²) in [5, 5.41) is 9.58. The predicted octanol–water partition coefficient (Wildman–Crippen LogP) is 7.57. The minimum Gasteiger partial charge on any atom is -0.508 e. The molecule has 0 aliphatic heterocycles. The van der Waals surface area contributed by atoms with Gasteiger partial charge in [-0.05, 0) is 6.42 Å². The second-order valence-electron chi connectivity index (χ2n) is 8.04. The molecule has 4 nitrogen and oxygen atoms in total. The molecule has 1 aromatic rings. The Morgan fingerprint density at radius 3 is 1.66 bits per heavy atom. The number of esters is 1. The highest BCUT2D eigenvalue weighted by Gasteiger charge is 2.07. The molecule has 1 rings (SSSR count). The molecule has 1 N–H and O–H groups in total. The average molecular weight is 407 g/mol. The number of phenols is 1. The summed E-state index contributed by atoms with van der Waals surface area (Å²) in [6, 6.07) is 4.50. The van der Waals surface area contributed by atoms with E-state index in [1.807, 2.05) is 0 Å². The molecular formula is C25H42O4. The summed E-state index contributed by atoms with van der Waals surface area (Å²) in [5.41, 5.74) is 0. The van der Waals surface area contributed by atoms with Crippen LogP contribution in [0, 0.1) is 0 Å². The first kappa shape index (κ1) is 25.3. The Bertz CT molecular complexity index is 542. The van der Waals surface area contributed by atoms with E-state index in [2.05, 4.69) is 6.92 Å². The smallest absolute Gasteiger partial charge is 0.311 e.